The van der Waals surface area contributed by atoms with E-state index in [1.165, 1.54) is 0 Å². The summed E-state index contributed by atoms with van der Waals surface area (Å²) in [4.78, 5) is 11.6. The molecule has 0 aliphatic heterocycles. The fraction of sp³-hybridized carbons (Fsp3) is 0.533. The van der Waals surface area contributed by atoms with Gasteiger partial charge >= 0.3 is 0 Å². The Hall–Kier alpha value is -1.39. The van der Waals surface area contributed by atoms with Crippen LogP contribution in [0.25, 0.3) is 0 Å². The predicted octanol–water partition coefficient (Wildman–Crippen LogP) is 1.84. The maximum Gasteiger partial charge on any atom is 0.221 e. The van der Waals surface area contributed by atoms with Crippen LogP contribution in [0.3, 0.4) is 0 Å². The first-order valence-electron chi connectivity index (χ1n) is 6.83. The van der Waals surface area contributed by atoms with Gasteiger partial charge in [-0.2, -0.15) is 0 Å². The first kappa shape index (κ1) is 15.7. The average Bonchev–Trinajstić information content (AvgIpc) is 2.44. The van der Waals surface area contributed by atoms with E-state index >= 15 is 0 Å². The zero-order valence-electron chi connectivity index (χ0n) is 11.9. The van der Waals surface area contributed by atoms with Gasteiger partial charge in [-0.3, -0.25) is 4.79 Å². The smallest absolute Gasteiger partial charge is 0.221 e. The molecule has 0 aromatic heterocycles. The lowest BCUT2D eigenvalue weighted by atomic mass is 10.1. The minimum absolute atomic E-state index is 0.0682. The summed E-state index contributed by atoms with van der Waals surface area (Å²) >= 11 is 0. The van der Waals surface area contributed by atoms with Crippen molar-refractivity contribution in [1.82, 2.24) is 10.6 Å². The van der Waals surface area contributed by atoms with Crippen LogP contribution in [-0.4, -0.2) is 26.1 Å². The fourth-order valence-electron chi connectivity index (χ4n) is 1.72. The van der Waals surface area contributed by atoms with Crippen LogP contribution in [0.2, 0.25) is 0 Å². The van der Waals surface area contributed by atoms with Crippen molar-refractivity contribution in [2.45, 2.75) is 32.9 Å². The molecule has 0 fully saturated rings. The van der Waals surface area contributed by atoms with Crippen molar-refractivity contribution in [3.05, 3.63) is 35.4 Å². The normalized spacial score (nSPS) is 10.4. The Morgan fingerprint density at radius 1 is 1.26 bits per heavy atom. The molecule has 0 aliphatic carbocycles. The van der Waals surface area contributed by atoms with Gasteiger partial charge in [0.2, 0.25) is 5.91 Å². The quantitative estimate of drug-likeness (QED) is 0.669. The lowest BCUT2D eigenvalue weighted by Gasteiger charge is -2.11. The van der Waals surface area contributed by atoms with Crippen LogP contribution in [0.1, 0.15) is 30.9 Å². The van der Waals surface area contributed by atoms with Crippen molar-refractivity contribution in [3.63, 3.8) is 0 Å². The highest BCUT2D eigenvalue weighted by atomic mass is 16.5. The summed E-state index contributed by atoms with van der Waals surface area (Å²) in [6.45, 7) is 4.73. The largest absolute Gasteiger partial charge is 0.377 e. The molecule has 0 heterocycles. The van der Waals surface area contributed by atoms with Crippen LogP contribution in [0.4, 0.5) is 0 Å². The highest BCUT2D eigenvalue weighted by Gasteiger charge is 2.04. The van der Waals surface area contributed by atoms with Gasteiger partial charge in [-0.05, 0) is 24.6 Å². The van der Waals surface area contributed by atoms with Gasteiger partial charge in [0.1, 0.15) is 0 Å². The molecular weight excluding hydrogens is 240 g/mol. The van der Waals surface area contributed by atoms with E-state index in [0.29, 0.717) is 26.1 Å². The minimum atomic E-state index is 0.0682. The lowest BCUT2D eigenvalue weighted by Crippen LogP contribution is -2.26. The molecule has 0 unspecified atom stereocenters. The number of hydrogen-bond donors (Lipinski definition) is 2. The second-order valence-electron chi connectivity index (χ2n) is 4.45. The first-order chi connectivity index (χ1) is 9.27. The summed E-state index contributed by atoms with van der Waals surface area (Å²) in [5.41, 5.74) is 2.27. The standard InChI is InChI=1S/C15H24N2O2/c1-3-10-19-12-14-7-5-4-6-13(14)11-17-15(18)8-9-16-2/h4-7,16H,3,8-12H2,1-2H3,(H,17,18). The molecule has 4 heteroatoms. The van der Waals surface area contributed by atoms with E-state index in [1.54, 1.807) is 0 Å². The van der Waals surface area contributed by atoms with E-state index in [0.717, 1.165) is 24.2 Å². The predicted molar refractivity (Wildman–Crippen MR) is 76.8 cm³/mol. The Kier molecular flexibility index (Phi) is 7.86. The number of amides is 1. The molecule has 0 bridgehead atoms. The molecular formula is C15H24N2O2. The van der Waals surface area contributed by atoms with Crippen molar-refractivity contribution in [1.29, 1.82) is 0 Å². The van der Waals surface area contributed by atoms with Gasteiger partial charge in [0.05, 0.1) is 6.61 Å². The maximum absolute atomic E-state index is 11.6. The van der Waals surface area contributed by atoms with Crippen LogP contribution in [-0.2, 0) is 22.7 Å². The van der Waals surface area contributed by atoms with Crippen LogP contribution in [0.5, 0.6) is 0 Å². The van der Waals surface area contributed by atoms with E-state index in [4.69, 9.17) is 4.74 Å². The molecule has 1 amide bonds. The summed E-state index contributed by atoms with van der Waals surface area (Å²) in [7, 11) is 1.84. The number of rotatable bonds is 9. The summed E-state index contributed by atoms with van der Waals surface area (Å²) in [5, 5.41) is 5.89. The summed E-state index contributed by atoms with van der Waals surface area (Å²) in [6.07, 6.45) is 1.52. The van der Waals surface area contributed by atoms with E-state index in [2.05, 4.69) is 17.6 Å². The number of ether oxygens (including phenoxy) is 1. The summed E-state index contributed by atoms with van der Waals surface area (Å²) < 4.78 is 5.56. The van der Waals surface area contributed by atoms with E-state index in [1.807, 2.05) is 31.3 Å². The molecule has 2 N–H and O–H groups in total. The topological polar surface area (TPSA) is 50.4 Å². The van der Waals surface area contributed by atoms with Gasteiger partial charge in [0.25, 0.3) is 0 Å². The summed E-state index contributed by atoms with van der Waals surface area (Å²) in [5.74, 6) is 0.0682. The highest BCUT2D eigenvalue weighted by molar-refractivity contribution is 5.76. The van der Waals surface area contributed by atoms with Gasteiger partial charge < -0.3 is 15.4 Å². The summed E-state index contributed by atoms with van der Waals surface area (Å²) in [6, 6.07) is 8.06. The lowest BCUT2D eigenvalue weighted by molar-refractivity contribution is -0.121. The molecule has 1 aromatic carbocycles. The third kappa shape index (κ3) is 6.36. The Labute approximate surface area is 115 Å². The van der Waals surface area contributed by atoms with Gasteiger partial charge in [-0.1, -0.05) is 31.2 Å². The molecule has 19 heavy (non-hydrogen) atoms. The molecule has 1 rings (SSSR count). The number of carbonyl (C=O) groups is 1. The van der Waals surface area contributed by atoms with Crippen molar-refractivity contribution in [2.24, 2.45) is 0 Å². The van der Waals surface area contributed by atoms with Crippen molar-refractivity contribution >= 4 is 5.91 Å². The Morgan fingerprint density at radius 3 is 2.68 bits per heavy atom. The van der Waals surface area contributed by atoms with Crippen LogP contribution in [0, 0.1) is 0 Å². The molecule has 0 spiro atoms. The molecule has 0 radical (unpaired) electrons. The van der Waals surface area contributed by atoms with E-state index in [9.17, 15) is 4.79 Å². The molecule has 106 valence electrons. The Balaban J connectivity index is 2.45. The van der Waals surface area contributed by atoms with Crippen molar-refractivity contribution in [3.8, 4) is 0 Å². The molecule has 0 aliphatic rings. The first-order valence-corrected chi connectivity index (χ1v) is 6.83. The fourth-order valence-corrected chi connectivity index (χ4v) is 1.72. The van der Waals surface area contributed by atoms with Crippen LogP contribution >= 0.6 is 0 Å². The monoisotopic (exact) mass is 264 g/mol. The molecule has 4 nitrogen and oxygen atoms in total. The Bertz CT molecular complexity index is 380. The highest BCUT2D eigenvalue weighted by Crippen LogP contribution is 2.10. The second kappa shape index (κ2) is 9.53. The zero-order chi connectivity index (χ0) is 13.9. The number of nitrogens with one attached hydrogen (secondary N) is 2. The van der Waals surface area contributed by atoms with E-state index in [-0.39, 0.29) is 5.91 Å². The third-order valence-electron chi connectivity index (χ3n) is 2.80. The molecule has 1 aromatic rings. The maximum atomic E-state index is 11.6. The molecule has 0 saturated carbocycles. The molecule has 0 atom stereocenters. The number of hydrogen-bond acceptors (Lipinski definition) is 3. The second-order valence-corrected chi connectivity index (χ2v) is 4.45. The van der Waals surface area contributed by atoms with Gasteiger partial charge in [0.15, 0.2) is 0 Å². The average molecular weight is 264 g/mol. The minimum Gasteiger partial charge on any atom is -0.377 e. The van der Waals surface area contributed by atoms with Gasteiger partial charge in [-0.15, -0.1) is 0 Å². The van der Waals surface area contributed by atoms with E-state index < -0.39 is 0 Å². The SMILES string of the molecule is CCCOCc1ccccc1CNC(=O)CCNC. The van der Waals surface area contributed by atoms with Crippen molar-refractivity contribution in [2.75, 3.05) is 20.2 Å². The van der Waals surface area contributed by atoms with Crippen LogP contribution < -0.4 is 10.6 Å². The third-order valence-corrected chi connectivity index (χ3v) is 2.80. The van der Waals surface area contributed by atoms with Crippen molar-refractivity contribution < 1.29 is 9.53 Å². The zero-order valence-corrected chi connectivity index (χ0v) is 11.9. The van der Waals surface area contributed by atoms with Gasteiger partial charge in [0, 0.05) is 26.1 Å². The number of carbonyl (C=O) groups excluding carboxylic acids is 1. The Morgan fingerprint density at radius 2 is 2.00 bits per heavy atom. The van der Waals surface area contributed by atoms with Gasteiger partial charge in [-0.25, -0.2) is 0 Å². The molecule has 0 saturated heterocycles. The number of benzene rings is 1. The van der Waals surface area contributed by atoms with Crippen LogP contribution in [0.15, 0.2) is 24.3 Å².